The zero-order valence-corrected chi connectivity index (χ0v) is 9.64. The van der Waals surface area contributed by atoms with Crippen molar-refractivity contribution in [2.24, 2.45) is 0 Å². The normalized spacial score (nSPS) is 15.8. The van der Waals surface area contributed by atoms with Crippen LogP contribution in [0.1, 0.15) is 29.1 Å². The van der Waals surface area contributed by atoms with E-state index in [4.69, 9.17) is 4.74 Å². The van der Waals surface area contributed by atoms with Crippen molar-refractivity contribution in [1.82, 2.24) is 9.38 Å². The van der Waals surface area contributed by atoms with E-state index in [0.29, 0.717) is 6.61 Å². The second-order valence-electron chi connectivity index (χ2n) is 4.00. The van der Waals surface area contributed by atoms with Gasteiger partial charge in [0.25, 0.3) is 0 Å². The Morgan fingerprint density at radius 1 is 1.47 bits per heavy atom. The van der Waals surface area contributed by atoms with Gasteiger partial charge in [-0.15, -0.1) is 11.3 Å². The lowest BCUT2D eigenvalue weighted by atomic mass is 10.0. The Labute approximate surface area is 92.7 Å². The highest BCUT2D eigenvalue weighted by molar-refractivity contribution is 7.17. The monoisotopic (exact) mass is 222 g/mol. The number of ether oxygens (including phenoxy) is 1. The summed E-state index contributed by atoms with van der Waals surface area (Å²) in [6.45, 7) is 0.614. The third-order valence-electron chi connectivity index (χ3n) is 2.91. The third-order valence-corrected chi connectivity index (χ3v) is 4.07. The molecule has 0 aliphatic heterocycles. The lowest BCUT2D eigenvalue weighted by Crippen LogP contribution is -2.01. The molecule has 3 nitrogen and oxygen atoms in total. The van der Waals surface area contributed by atoms with Crippen molar-refractivity contribution in [1.29, 1.82) is 0 Å². The number of fused-ring (bicyclic) bond motifs is 3. The second kappa shape index (κ2) is 3.61. The van der Waals surface area contributed by atoms with Gasteiger partial charge in [-0.2, -0.15) is 0 Å². The van der Waals surface area contributed by atoms with Crippen molar-refractivity contribution in [2.75, 3.05) is 7.11 Å². The van der Waals surface area contributed by atoms with Crippen LogP contribution in [0.5, 0.6) is 0 Å². The Bertz CT molecular complexity index is 486. The third kappa shape index (κ3) is 1.48. The van der Waals surface area contributed by atoms with Gasteiger partial charge in [0.1, 0.15) is 0 Å². The van der Waals surface area contributed by atoms with Crippen LogP contribution < -0.4 is 0 Å². The summed E-state index contributed by atoms with van der Waals surface area (Å²) < 4.78 is 7.36. The van der Waals surface area contributed by atoms with Crippen molar-refractivity contribution >= 4 is 16.3 Å². The van der Waals surface area contributed by atoms with E-state index in [0.717, 1.165) is 10.7 Å². The number of aromatic nitrogens is 2. The van der Waals surface area contributed by atoms with Gasteiger partial charge in [-0.25, -0.2) is 4.98 Å². The van der Waals surface area contributed by atoms with E-state index in [-0.39, 0.29) is 0 Å². The van der Waals surface area contributed by atoms with Crippen LogP contribution in [0.4, 0.5) is 0 Å². The summed E-state index contributed by atoms with van der Waals surface area (Å²) in [5.41, 5.74) is 2.52. The molecule has 2 heterocycles. The molecule has 1 aliphatic carbocycles. The standard InChI is InChI=1S/C11H14N2OS/c1-14-7-8-6-13-9-4-2-3-5-10(9)15-11(13)12-8/h6H,2-5,7H2,1H3. The maximum atomic E-state index is 5.10. The zero-order valence-electron chi connectivity index (χ0n) is 8.82. The Hall–Kier alpha value is -0.870. The van der Waals surface area contributed by atoms with Gasteiger partial charge >= 0.3 is 0 Å². The lowest BCUT2D eigenvalue weighted by molar-refractivity contribution is 0.182. The number of hydrogen-bond donors (Lipinski definition) is 0. The van der Waals surface area contributed by atoms with Crippen molar-refractivity contribution < 1.29 is 4.74 Å². The second-order valence-corrected chi connectivity index (χ2v) is 5.06. The van der Waals surface area contributed by atoms with Gasteiger partial charge in [0.15, 0.2) is 4.96 Å². The molecule has 0 fully saturated rings. The van der Waals surface area contributed by atoms with E-state index in [1.807, 2.05) is 11.3 Å². The average molecular weight is 222 g/mol. The Kier molecular flexibility index (Phi) is 2.25. The molecule has 2 aromatic rings. The topological polar surface area (TPSA) is 26.5 Å². The molecule has 0 saturated carbocycles. The van der Waals surface area contributed by atoms with Crippen molar-refractivity contribution in [3.8, 4) is 0 Å². The molecule has 0 amide bonds. The maximum Gasteiger partial charge on any atom is 0.194 e. The molecule has 0 radical (unpaired) electrons. The van der Waals surface area contributed by atoms with Gasteiger partial charge in [-0.1, -0.05) is 0 Å². The zero-order chi connectivity index (χ0) is 10.3. The van der Waals surface area contributed by atoms with Crippen LogP contribution >= 0.6 is 11.3 Å². The molecule has 0 atom stereocenters. The predicted octanol–water partition coefficient (Wildman–Crippen LogP) is 2.42. The van der Waals surface area contributed by atoms with E-state index in [1.54, 1.807) is 7.11 Å². The van der Waals surface area contributed by atoms with E-state index in [9.17, 15) is 0 Å². The van der Waals surface area contributed by atoms with Crippen LogP contribution in [0.2, 0.25) is 0 Å². The number of nitrogens with zero attached hydrogens (tertiary/aromatic N) is 2. The highest BCUT2D eigenvalue weighted by Crippen LogP contribution is 2.29. The summed E-state index contributed by atoms with van der Waals surface area (Å²) in [7, 11) is 1.71. The summed E-state index contributed by atoms with van der Waals surface area (Å²) in [4.78, 5) is 7.23. The van der Waals surface area contributed by atoms with Gasteiger partial charge in [-0.3, -0.25) is 4.40 Å². The lowest BCUT2D eigenvalue weighted by Gasteiger charge is -2.09. The van der Waals surface area contributed by atoms with Crippen LogP contribution in [0.25, 0.3) is 4.96 Å². The Balaban J connectivity index is 2.09. The quantitative estimate of drug-likeness (QED) is 0.780. The number of aryl methyl sites for hydroxylation is 2. The van der Waals surface area contributed by atoms with Crippen molar-refractivity contribution in [2.45, 2.75) is 32.3 Å². The first-order valence-corrected chi connectivity index (χ1v) is 6.17. The highest BCUT2D eigenvalue weighted by atomic mass is 32.1. The van der Waals surface area contributed by atoms with Crippen molar-refractivity contribution in [3.05, 3.63) is 22.5 Å². The van der Waals surface area contributed by atoms with E-state index in [2.05, 4.69) is 15.6 Å². The summed E-state index contributed by atoms with van der Waals surface area (Å²) in [6.07, 6.45) is 7.22. The first-order chi connectivity index (χ1) is 7.38. The van der Waals surface area contributed by atoms with E-state index in [1.165, 1.54) is 36.3 Å². The summed E-state index contributed by atoms with van der Waals surface area (Å²) in [6, 6.07) is 0. The summed E-state index contributed by atoms with van der Waals surface area (Å²) >= 11 is 1.84. The maximum absolute atomic E-state index is 5.10. The predicted molar refractivity (Wildman–Crippen MR) is 60.4 cm³/mol. The fourth-order valence-electron chi connectivity index (χ4n) is 2.23. The van der Waals surface area contributed by atoms with Gasteiger partial charge < -0.3 is 4.74 Å². The number of rotatable bonds is 2. The number of thiazole rings is 1. The van der Waals surface area contributed by atoms with Gasteiger partial charge in [0.2, 0.25) is 0 Å². The first-order valence-electron chi connectivity index (χ1n) is 5.36. The largest absolute Gasteiger partial charge is 0.378 e. The molecule has 2 aromatic heterocycles. The van der Waals surface area contributed by atoms with Crippen LogP contribution in [-0.2, 0) is 24.2 Å². The molecule has 0 aromatic carbocycles. The molecule has 0 unspecified atom stereocenters. The van der Waals surface area contributed by atoms with Gasteiger partial charge in [0, 0.05) is 23.9 Å². The molecule has 1 aliphatic rings. The number of methoxy groups -OCH3 is 1. The van der Waals surface area contributed by atoms with Gasteiger partial charge in [-0.05, 0) is 25.7 Å². The number of hydrogen-bond acceptors (Lipinski definition) is 3. The van der Waals surface area contributed by atoms with E-state index >= 15 is 0 Å². The molecule has 0 bridgehead atoms. The number of imidazole rings is 1. The smallest absolute Gasteiger partial charge is 0.194 e. The molecule has 4 heteroatoms. The summed E-state index contributed by atoms with van der Waals surface area (Å²) in [5, 5.41) is 0. The SMILES string of the molecule is COCc1cn2c3c(sc2n1)CCCC3. The molecule has 0 spiro atoms. The van der Waals surface area contributed by atoms with Crippen LogP contribution in [0.3, 0.4) is 0 Å². The molecule has 80 valence electrons. The molecular formula is C11H14N2OS. The Morgan fingerprint density at radius 2 is 2.33 bits per heavy atom. The summed E-state index contributed by atoms with van der Waals surface area (Å²) in [5.74, 6) is 0. The fraction of sp³-hybridized carbons (Fsp3) is 0.545. The van der Waals surface area contributed by atoms with E-state index < -0.39 is 0 Å². The molecule has 0 saturated heterocycles. The molecule has 0 N–H and O–H groups in total. The highest BCUT2D eigenvalue weighted by Gasteiger charge is 2.17. The van der Waals surface area contributed by atoms with Crippen molar-refractivity contribution in [3.63, 3.8) is 0 Å². The molecule has 3 rings (SSSR count). The van der Waals surface area contributed by atoms with Crippen LogP contribution in [-0.4, -0.2) is 16.5 Å². The minimum Gasteiger partial charge on any atom is -0.378 e. The Morgan fingerprint density at radius 3 is 3.20 bits per heavy atom. The van der Waals surface area contributed by atoms with Crippen LogP contribution in [0, 0.1) is 0 Å². The minimum absolute atomic E-state index is 0.614. The average Bonchev–Trinajstić information content (AvgIpc) is 2.75. The molecular weight excluding hydrogens is 208 g/mol. The fourth-order valence-corrected chi connectivity index (χ4v) is 3.44. The van der Waals surface area contributed by atoms with Gasteiger partial charge in [0.05, 0.1) is 12.3 Å². The van der Waals surface area contributed by atoms with Crippen LogP contribution in [0.15, 0.2) is 6.20 Å². The minimum atomic E-state index is 0.614. The molecule has 15 heavy (non-hydrogen) atoms. The first kappa shape index (κ1) is 9.36.